The fraction of sp³-hybridized carbons (Fsp3) is 0. The van der Waals surface area contributed by atoms with Crippen LogP contribution in [0.15, 0.2) is 11.4 Å². The number of anilines is 1. The van der Waals surface area contributed by atoms with E-state index in [9.17, 15) is 13.2 Å². The van der Waals surface area contributed by atoms with E-state index >= 15 is 0 Å². The summed E-state index contributed by atoms with van der Waals surface area (Å²) in [5.74, 6) is -0.579. The first-order valence-electron chi connectivity index (χ1n) is 3.01. The maximum Gasteiger partial charge on any atom is 0.324 e. The zero-order chi connectivity index (χ0) is 8.77. The number of hydrogen-bond acceptors (Lipinski definition) is 4. The van der Waals surface area contributed by atoms with Crippen LogP contribution in [0.5, 0.6) is 0 Å². The lowest BCUT2D eigenvalue weighted by atomic mass is 10.3. The zero-order valence-corrected chi connectivity index (χ0v) is 7.33. The van der Waals surface area contributed by atoms with Crippen molar-refractivity contribution < 1.29 is 13.2 Å². The van der Waals surface area contributed by atoms with Crippen LogP contribution in [0.2, 0.25) is 0 Å². The van der Waals surface area contributed by atoms with Gasteiger partial charge in [0.25, 0.3) is 5.91 Å². The van der Waals surface area contributed by atoms with Crippen molar-refractivity contribution in [2.24, 2.45) is 0 Å². The third kappa shape index (κ3) is 1.07. The fourth-order valence-corrected chi connectivity index (χ4v) is 2.80. The molecule has 2 rings (SSSR count). The first-order valence-corrected chi connectivity index (χ1v) is 5.37. The molecule has 0 aromatic carbocycles. The van der Waals surface area contributed by atoms with E-state index in [0.29, 0.717) is 10.6 Å². The highest BCUT2D eigenvalue weighted by molar-refractivity contribution is 7.91. The van der Waals surface area contributed by atoms with Crippen molar-refractivity contribution in [2.45, 2.75) is 0 Å². The number of fused-ring (bicyclic) bond motifs is 1. The maximum atomic E-state index is 11.0. The highest BCUT2D eigenvalue weighted by atomic mass is 32.2. The van der Waals surface area contributed by atoms with Crippen molar-refractivity contribution in [3.63, 3.8) is 0 Å². The SMILES string of the molecule is O=C1NS(=O)(=O)Nc2sccc21. The van der Waals surface area contributed by atoms with Crippen molar-refractivity contribution in [2.75, 3.05) is 4.72 Å². The third-order valence-corrected chi connectivity index (χ3v) is 3.25. The molecule has 0 bridgehead atoms. The van der Waals surface area contributed by atoms with Crippen LogP contribution in [0.25, 0.3) is 0 Å². The van der Waals surface area contributed by atoms with Gasteiger partial charge in [-0.3, -0.25) is 9.52 Å². The molecule has 64 valence electrons. The van der Waals surface area contributed by atoms with Gasteiger partial charge in [0.15, 0.2) is 0 Å². The van der Waals surface area contributed by atoms with Crippen LogP contribution >= 0.6 is 11.3 Å². The fourth-order valence-electron chi connectivity index (χ4n) is 0.892. The van der Waals surface area contributed by atoms with Crippen LogP contribution in [0, 0.1) is 0 Å². The van der Waals surface area contributed by atoms with Crippen molar-refractivity contribution in [1.29, 1.82) is 0 Å². The average Bonchev–Trinajstić information content (AvgIpc) is 2.31. The number of amides is 1. The highest BCUT2D eigenvalue weighted by Crippen LogP contribution is 2.26. The van der Waals surface area contributed by atoms with Crippen LogP contribution in [-0.2, 0) is 10.2 Å². The topological polar surface area (TPSA) is 75.3 Å². The van der Waals surface area contributed by atoms with Crippen molar-refractivity contribution in [1.82, 2.24) is 4.72 Å². The predicted octanol–water partition coefficient (Wildman–Crippen LogP) is 0.148. The van der Waals surface area contributed by atoms with Gasteiger partial charge in [-0.25, -0.2) is 4.72 Å². The van der Waals surface area contributed by atoms with Crippen LogP contribution in [0.4, 0.5) is 5.00 Å². The second kappa shape index (κ2) is 2.20. The Morgan fingerprint density at radius 1 is 1.33 bits per heavy atom. The van der Waals surface area contributed by atoms with Crippen molar-refractivity contribution in [3.05, 3.63) is 17.0 Å². The Balaban J connectivity index is 2.60. The third-order valence-electron chi connectivity index (χ3n) is 1.36. The molecule has 1 aromatic heterocycles. The Kier molecular flexibility index (Phi) is 1.39. The lowest BCUT2D eigenvalue weighted by Crippen LogP contribution is -2.39. The summed E-state index contributed by atoms with van der Waals surface area (Å²) in [6.45, 7) is 0. The number of nitrogens with one attached hydrogen (secondary N) is 2. The summed E-state index contributed by atoms with van der Waals surface area (Å²) in [6.07, 6.45) is 0. The standard InChI is InChI=1S/C5H4N2O3S2/c8-4-3-1-2-11-5(3)7-12(9,10)6-4/h1-2,7H,(H,6,8). The molecule has 1 aliphatic rings. The largest absolute Gasteiger partial charge is 0.324 e. The van der Waals surface area contributed by atoms with E-state index in [4.69, 9.17) is 0 Å². The Morgan fingerprint density at radius 3 is 2.83 bits per heavy atom. The summed E-state index contributed by atoms with van der Waals surface area (Å²) in [4.78, 5) is 11.0. The van der Waals surface area contributed by atoms with Crippen LogP contribution in [0.3, 0.4) is 0 Å². The number of hydrogen-bond donors (Lipinski definition) is 2. The Labute approximate surface area is 72.6 Å². The Morgan fingerprint density at radius 2 is 2.08 bits per heavy atom. The summed E-state index contributed by atoms with van der Waals surface area (Å²) in [6, 6.07) is 1.57. The van der Waals surface area contributed by atoms with E-state index in [2.05, 4.69) is 4.72 Å². The van der Waals surface area contributed by atoms with Crippen molar-refractivity contribution >= 4 is 32.5 Å². The second-order valence-electron chi connectivity index (χ2n) is 2.20. The van der Waals surface area contributed by atoms with E-state index in [1.165, 1.54) is 11.3 Å². The van der Waals surface area contributed by atoms with Gasteiger partial charge in [-0.05, 0) is 11.4 Å². The summed E-state index contributed by atoms with van der Waals surface area (Å²) < 4.78 is 25.8. The summed E-state index contributed by atoms with van der Waals surface area (Å²) in [7, 11) is -3.65. The molecule has 0 saturated carbocycles. The van der Waals surface area contributed by atoms with Gasteiger partial charge < -0.3 is 0 Å². The molecule has 0 saturated heterocycles. The quantitative estimate of drug-likeness (QED) is 0.631. The molecule has 1 aromatic rings. The normalized spacial score (nSPS) is 19.2. The van der Waals surface area contributed by atoms with E-state index in [-0.39, 0.29) is 0 Å². The molecule has 0 atom stereocenters. The molecular formula is C5H4N2O3S2. The monoisotopic (exact) mass is 204 g/mol. The second-order valence-corrected chi connectivity index (χ2v) is 4.53. The molecule has 0 fully saturated rings. The van der Waals surface area contributed by atoms with Gasteiger partial charge in [0, 0.05) is 0 Å². The molecule has 0 unspecified atom stereocenters. The molecule has 2 N–H and O–H groups in total. The van der Waals surface area contributed by atoms with E-state index in [1.807, 2.05) is 4.72 Å². The number of carbonyl (C=O) groups is 1. The van der Waals surface area contributed by atoms with Gasteiger partial charge in [0.1, 0.15) is 5.00 Å². The van der Waals surface area contributed by atoms with Gasteiger partial charge in [-0.2, -0.15) is 8.42 Å². The molecule has 0 spiro atoms. The lowest BCUT2D eigenvalue weighted by molar-refractivity contribution is 0.0981. The van der Waals surface area contributed by atoms with Crippen LogP contribution in [0.1, 0.15) is 10.4 Å². The van der Waals surface area contributed by atoms with Crippen LogP contribution < -0.4 is 9.44 Å². The maximum absolute atomic E-state index is 11.0. The minimum absolute atomic E-state index is 0.370. The molecular weight excluding hydrogens is 200 g/mol. The molecule has 7 heteroatoms. The molecule has 2 heterocycles. The number of carbonyl (C=O) groups excluding carboxylic acids is 1. The first kappa shape index (κ1) is 7.56. The van der Waals surface area contributed by atoms with Gasteiger partial charge in [-0.1, -0.05) is 0 Å². The summed E-state index contributed by atoms with van der Waals surface area (Å²) >= 11 is 1.18. The minimum atomic E-state index is -3.65. The van der Waals surface area contributed by atoms with Gasteiger partial charge in [0.05, 0.1) is 5.56 Å². The summed E-state index contributed by atoms with van der Waals surface area (Å²) in [5, 5.41) is 2.02. The molecule has 12 heavy (non-hydrogen) atoms. The van der Waals surface area contributed by atoms with Gasteiger partial charge >= 0.3 is 10.2 Å². The number of thiophene rings is 1. The first-order chi connectivity index (χ1) is 5.58. The van der Waals surface area contributed by atoms with Gasteiger partial charge in [0.2, 0.25) is 0 Å². The molecule has 1 amide bonds. The minimum Gasteiger partial charge on any atom is -0.268 e. The zero-order valence-electron chi connectivity index (χ0n) is 5.70. The Bertz CT molecular complexity index is 433. The molecule has 5 nitrogen and oxygen atoms in total. The Hall–Kier alpha value is -1.08. The van der Waals surface area contributed by atoms with E-state index in [0.717, 1.165) is 0 Å². The highest BCUT2D eigenvalue weighted by Gasteiger charge is 2.26. The summed E-state index contributed by atoms with van der Waals surface area (Å²) in [5.41, 5.74) is 0.370. The molecule has 0 aliphatic carbocycles. The molecule has 0 radical (unpaired) electrons. The van der Waals surface area contributed by atoms with Crippen LogP contribution in [-0.4, -0.2) is 14.3 Å². The smallest absolute Gasteiger partial charge is 0.268 e. The average molecular weight is 204 g/mol. The van der Waals surface area contributed by atoms with E-state index in [1.54, 1.807) is 11.4 Å². The van der Waals surface area contributed by atoms with Crippen molar-refractivity contribution in [3.8, 4) is 0 Å². The number of rotatable bonds is 0. The molecule has 1 aliphatic heterocycles. The predicted molar refractivity (Wildman–Crippen MR) is 44.3 cm³/mol. The van der Waals surface area contributed by atoms with Gasteiger partial charge in [-0.15, -0.1) is 11.3 Å². The van der Waals surface area contributed by atoms with E-state index < -0.39 is 16.1 Å². The lowest BCUT2D eigenvalue weighted by Gasteiger charge is -2.13.